The van der Waals surface area contributed by atoms with Crippen molar-refractivity contribution >= 4 is 12.0 Å². The van der Waals surface area contributed by atoms with Gasteiger partial charge in [0.2, 0.25) is 0 Å². The van der Waals surface area contributed by atoms with E-state index in [9.17, 15) is 9.59 Å². The molecule has 6 nitrogen and oxygen atoms in total. The minimum Gasteiger partial charge on any atom is -0.481 e. The molecule has 0 aromatic carbocycles. The maximum absolute atomic E-state index is 12.2. The van der Waals surface area contributed by atoms with E-state index in [1.165, 1.54) is 0 Å². The van der Waals surface area contributed by atoms with Gasteiger partial charge in [-0.05, 0) is 19.3 Å². The van der Waals surface area contributed by atoms with Gasteiger partial charge in [-0.2, -0.15) is 0 Å². The van der Waals surface area contributed by atoms with E-state index in [4.69, 9.17) is 10.8 Å². The lowest BCUT2D eigenvalue weighted by Gasteiger charge is -2.27. The van der Waals surface area contributed by atoms with Gasteiger partial charge < -0.3 is 20.6 Å². The average Bonchev–Trinajstić information content (AvgIpc) is 3.00. The van der Waals surface area contributed by atoms with Crippen molar-refractivity contribution in [3.63, 3.8) is 0 Å². The zero-order valence-electron chi connectivity index (χ0n) is 9.84. The van der Waals surface area contributed by atoms with Crippen LogP contribution in [0.4, 0.5) is 4.79 Å². The Morgan fingerprint density at radius 1 is 1.35 bits per heavy atom. The fourth-order valence-corrected chi connectivity index (χ4v) is 2.18. The van der Waals surface area contributed by atoms with E-state index < -0.39 is 5.97 Å². The van der Waals surface area contributed by atoms with Crippen molar-refractivity contribution in [2.75, 3.05) is 19.6 Å². The largest absolute Gasteiger partial charge is 0.481 e. The predicted molar refractivity (Wildman–Crippen MR) is 61.5 cm³/mol. The second kappa shape index (κ2) is 4.91. The summed E-state index contributed by atoms with van der Waals surface area (Å²) in [7, 11) is 0. The van der Waals surface area contributed by atoms with Gasteiger partial charge >= 0.3 is 12.0 Å². The second-order valence-corrected chi connectivity index (χ2v) is 4.85. The Morgan fingerprint density at radius 3 is 2.53 bits per heavy atom. The number of aliphatic carboxylic acids is 1. The van der Waals surface area contributed by atoms with Crippen molar-refractivity contribution in [2.45, 2.75) is 37.8 Å². The number of nitrogens with two attached hydrogens (primary N) is 1. The molecule has 96 valence electrons. The number of carbonyl (C=O) groups excluding carboxylic acids is 1. The minimum absolute atomic E-state index is 0.0160. The first-order valence-corrected chi connectivity index (χ1v) is 6.11. The molecule has 1 unspecified atom stereocenters. The van der Waals surface area contributed by atoms with Crippen LogP contribution >= 0.6 is 0 Å². The molecular formula is C11H19N3O3. The third kappa shape index (κ3) is 3.09. The number of rotatable bonds is 4. The minimum atomic E-state index is -0.860. The van der Waals surface area contributed by atoms with Crippen LogP contribution in [0.2, 0.25) is 0 Å². The Kier molecular flexibility index (Phi) is 3.51. The van der Waals surface area contributed by atoms with Crippen LogP contribution in [-0.4, -0.2) is 58.6 Å². The summed E-state index contributed by atoms with van der Waals surface area (Å²) in [5.74, 6) is -0.860. The lowest BCUT2D eigenvalue weighted by molar-refractivity contribution is -0.137. The summed E-state index contributed by atoms with van der Waals surface area (Å²) in [6.45, 7) is 1.59. The first-order valence-electron chi connectivity index (χ1n) is 6.11. The molecule has 1 saturated heterocycles. The summed E-state index contributed by atoms with van der Waals surface area (Å²) < 4.78 is 0. The number of carboxylic acids is 1. The maximum Gasteiger partial charge on any atom is 0.320 e. The van der Waals surface area contributed by atoms with Crippen LogP contribution in [0.1, 0.15) is 25.7 Å². The van der Waals surface area contributed by atoms with Gasteiger partial charge in [-0.15, -0.1) is 0 Å². The molecule has 3 N–H and O–H groups in total. The van der Waals surface area contributed by atoms with Crippen LogP contribution in [-0.2, 0) is 4.79 Å². The number of likely N-dealkylation sites (tertiary alicyclic amines) is 1. The average molecular weight is 241 g/mol. The standard InChI is InChI=1S/C11H19N3O3/c12-8-3-5-13(7-8)11(17)14(9-1-2-9)6-4-10(15)16/h8-9H,1-7,12H2,(H,15,16). The smallest absolute Gasteiger partial charge is 0.320 e. The van der Waals surface area contributed by atoms with Gasteiger partial charge in [0.25, 0.3) is 0 Å². The SMILES string of the molecule is NC1CCN(C(=O)N(CCC(=O)O)C2CC2)C1. The quantitative estimate of drug-likeness (QED) is 0.729. The summed E-state index contributed by atoms with van der Waals surface area (Å²) in [6.07, 6.45) is 2.84. The Morgan fingerprint density at radius 2 is 2.06 bits per heavy atom. The zero-order chi connectivity index (χ0) is 12.4. The number of urea groups is 1. The van der Waals surface area contributed by atoms with Crippen molar-refractivity contribution in [2.24, 2.45) is 5.73 Å². The maximum atomic E-state index is 12.2. The van der Waals surface area contributed by atoms with Gasteiger partial charge in [-0.3, -0.25) is 4.79 Å². The number of carboxylic acid groups (broad SMARTS) is 1. The van der Waals surface area contributed by atoms with Crippen LogP contribution in [0.3, 0.4) is 0 Å². The molecular weight excluding hydrogens is 222 g/mol. The molecule has 2 amide bonds. The molecule has 1 heterocycles. The third-order valence-electron chi connectivity index (χ3n) is 3.30. The van der Waals surface area contributed by atoms with Crippen molar-refractivity contribution in [1.29, 1.82) is 0 Å². The Labute approximate surface area is 100 Å². The van der Waals surface area contributed by atoms with E-state index in [1.807, 2.05) is 0 Å². The van der Waals surface area contributed by atoms with E-state index in [0.717, 1.165) is 19.3 Å². The zero-order valence-corrected chi connectivity index (χ0v) is 9.84. The number of hydrogen-bond donors (Lipinski definition) is 2. The van der Waals surface area contributed by atoms with Gasteiger partial charge in [0, 0.05) is 31.7 Å². The highest BCUT2D eigenvalue weighted by atomic mass is 16.4. The van der Waals surface area contributed by atoms with Crippen molar-refractivity contribution in [1.82, 2.24) is 9.80 Å². The fourth-order valence-electron chi connectivity index (χ4n) is 2.18. The van der Waals surface area contributed by atoms with E-state index in [-0.39, 0.29) is 24.5 Å². The normalized spacial score (nSPS) is 23.8. The summed E-state index contributed by atoms with van der Waals surface area (Å²) in [5.41, 5.74) is 5.77. The third-order valence-corrected chi connectivity index (χ3v) is 3.30. The number of carbonyl (C=O) groups is 2. The van der Waals surface area contributed by atoms with Crippen molar-refractivity contribution in [3.05, 3.63) is 0 Å². The Balaban J connectivity index is 1.90. The van der Waals surface area contributed by atoms with Gasteiger partial charge in [0.1, 0.15) is 0 Å². The van der Waals surface area contributed by atoms with Crippen LogP contribution < -0.4 is 5.73 Å². The van der Waals surface area contributed by atoms with Crippen molar-refractivity contribution < 1.29 is 14.7 Å². The lowest BCUT2D eigenvalue weighted by atomic mass is 10.3. The van der Waals surface area contributed by atoms with E-state index in [1.54, 1.807) is 9.80 Å². The summed E-state index contributed by atoms with van der Waals surface area (Å²) in [5, 5.41) is 8.68. The molecule has 17 heavy (non-hydrogen) atoms. The molecule has 2 aliphatic rings. The van der Waals surface area contributed by atoms with E-state index in [2.05, 4.69) is 0 Å². The highest BCUT2D eigenvalue weighted by Gasteiger charge is 2.36. The molecule has 1 atom stereocenters. The van der Waals surface area contributed by atoms with Crippen molar-refractivity contribution in [3.8, 4) is 0 Å². The first kappa shape index (κ1) is 12.2. The Bertz CT molecular complexity index is 317. The molecule has 0 bridgehead atoms. The van der Waals surface area contributed by atoms with Crippen LogP contribution in [0, 0.1) is 0 Å². The van der Waals surface area contributed by atoms with E-state index in [0.29, 0.717) is 19.6 Å². The molecule has 6 heteroatoms. The molecule has 2 fully saturated rings. The molecule has 0 radical (unpaired) electrons. The second-order valence-electron chi connectivity index (χ2n) is 4.85. The van der Waals surface area contributed by atoms with Crippen LogP contribution in [0.25, 0.3) is 0 Å². The van der Waals surface area contributed by atoms with Gasteiger partial charge in [-0.1, -0.05) is 0 Å². The van der Waals surface area contributed by atoms with E-state index >= 15 is 0 Å². The molecule has 2 rings (SSSR count). The molecule has 1 aliphatic carbocycles. The van der Waals surface area contributed by atoms with Gasteiger partial charge in [0.05, 0.1) is 6.42 Å². The van der Waals surface area contributed by atoms with Gasteiger partial charge in [-0.25, -0.2) is 4.79 Å². The topological polar surface area (TPSA) is 86.9 Å². The fraction of sp³-hybridized carbons (Fsp3) is 0.818. The molecule has 1 aliphatic heterocycles. The molecule has 0 aromatic rings. The number of amides is 2. The highest BCUT2D eigenvalue weighted by Crippen LogP contribution is 2.28. The lowest BCUT2D eigenvalue weighted by Crippen LogP contribution is -2.45. The van der Waals surface area contributed by atoms with Gasteiger partial charge in [0.15, 0.2) is 0 Å². The predicted octanol–water partition coefficient (Wildman–Crippen LogP) is 0.0785. The Hall–Kier alpha value is -1.30. The molecule has 0 spiro atoms. The summed E-state index contributed by atoms with van der Waals surface area (Å²) >= 11 is 0. The summed E-state index contributed by atoms with van der Waals surface area (Å²) in [4.78, 5) is 26.2. The first-order chi connectivity index (χ1) is 8.08. The summed E-state index contributed by atoms with van der Waals surface area (Å²) in [6, 6.07) is 0.278. The molecule has 0 aromatic heterocycles. The monoisotopic (exact) mass is 241 g/mol. The highest BCUT2D eigenvalue weighted by molar-refractivity contribution is 5.76. The van der Waals surface area contributed by atoms with Crippen LogP contribution in [0.15, 0.2) is 0 Å². The number of hydrogen-bond acceptors (Lipinski definition) is 3. The number of nitrogens with zero attached hydrogens (tertiary/aromatic N) is 2. The molecule has 1 saturated carbocycles. The van der Waals surface area contributed by atoms with Crippen LogP contribution in [0.5, 0.6) is 0 Å².